The van der Waals surface area contributed by atoms with Crippen molar-refractivity contribution in [3.63, 3.8) is 0 Å². The topological polar surface area (TPSA) is 78.1 Å². The Morgan fingerprint density at radius 3 is 2.83 bits per heavy atom. The van der Waals surface area contributed by atoms with E-state index in [0.29, 0.717) is 30.1 Å². The van der Waals surface area contributed by atoms with Crippen LogP contribution in [0, 0.1) is 0 Å². The van der Waals surface area contributed by atoms with Gasteiger partial charge in [-0.2, -0.15) is 0 Å². The van der Waals surface area contributed by atoms with E-state index in [1.165, 1.54) is 19.3 Å². The highest BCUT2D eigenvalue weighted by Gasteiger charge is 2.12. The van der Waals surface area contributed by atoms with Crippen molar-refractivity contribution in [2.45, 2.75) is 44.8 Å². The highest BCUT2D eigenvalue weighted by molar-refractivity contribution is 5.77. The number of nitrogens with two attached hydrogens (primary N) is 1. The van der Waals surface area contributed by atoms with E-state index in [2.05, 4.69) is 10.3 Å². The molecule has 1 aromatic rings. The van der Waals surface area contributed by atoms with Gasteiger partial charge in [-0.25, -0.2) is 4.99 Å². The van der Waals surface area contributed by atoms with Crippen LogP contribution in [0.5, 0.6) is 11.5 Å². The Morgan fingerprint density at radius 2 is 2.12 bits per heavy atom. The third-order valence-corrected chi connectivity index (χ3v) is 4.16. The molecule has 24 heavy (non-hydrogen) atoms. The van der Waals surface area contributed by atoms with Gasteiger partial charge in [-0.15, -0.1) is 0 Å². The first kappa shape index (κ1) is 18.4. The van der Waals surface area contributed by atoms with Gasteiger partial charge in [-0.3, -0.25) is 0 Å². The summed E-state index contributed by atoms with van der Waals surface area (Å²) in [5, 5.41) is 3.16. The molecular formula is C18H29N3O3. The summed E-state index contributed by atoms with van der Waals surface area (Å²) in [6.07, 6.45) is 6.21. The number of guanidine groups is 1. The van der Waals surface area contributed by atoms with Gasteiger partial charge < -0.3 is 25.3 Å². The van der Waals surface area contributed by atoms with Crippen LogP contribution >= 0.6 is 0 Å². The summed E-state index contributed by atoms with van der Waals surface area (Å²) < 4.78 is 16.2. The first-order valence-corrected chi connectivity index (χ1v) is 8.59. The first-order chi connectivity index (χ1) is 11.7. The Bertz CT molecular complexity index is 528. The average Bonchev–Trinajstić information content (AvgIpc) is 2.64. The number of nitrogens with one attached hydrogen (secondary N) is 1. The van der Waals surface area contributed by atoms with Crippen molar-refractivity contribution in [3.8, 4) is 11.5 Å². The SMILES string of the molecule is COc1ccc(CN=C(N)NCCCC2CCCCO2)cc1OC. The fourth-order valence-electron chi connectivity index (χ4n) is 2.79. The van der Waals surface area contributed by atoms with E-state index < -0.39 is 0 Å². The van der Waals surface area contributed by atoms with E-state index >= 15 is 0 Å². The van der Waals surface area contributed by atoms with Crippen LogP contribution in [0.25, 0.3) is 0 Å². The average molecular weight is 335 g/mol. The zero-order valence-corrected chi connectivity index (χ0v) is 14.7. The van der Waals surface area contributed by atoms with Crippen LogP contribution in [-0.2, 0) is 11.3 Å². The van der Waals surface area contributed by atoms with Gasteiger partial charge in [0.2, 0.25) is 0 Å². The van der Waals surface area contributed by atoms with Crippen LogP contribution in [0.1, 0.15) is 37.7 Å². The maximum Gasteiger partial charge on any atom is 0.188 e. The molecule has 0 saturated carbocycles. The summed E-state index contributed by atoms with van der Waals surface area (Å²) in [6, 6.07) is 5.74. The summed E-state index contributed by atoms with van der Waals surface area (Å²) in [5.41, 5.74) is 6.94. The number of hydrogen-bond donors (Lipinski definition) is 2. The molecule has 0 radical (unpaired) electrons. The molecule has 3 N–H and O–H groups in total. The lowest BCUT2D eigenvalue weighted by Crippen LogP contribution is -2.33. The summed E-state index contributed by atoms with van der Waals surface area (Å²) in [4.78, 5) is 4.37. The lowest BCUT2D eigenvalue weighted by molar-refractivity contribution is 0.0104. The predicted molar refractivity (Wildman–Crippen MR) is 95.7 cm³/mol. The highest BCUT2D eigenvalue weighted by atomic mass is 16.5. The number of hydrogen-bond acceptors (Lipinski definition) is 4. The third-order valence-electron chi connectivity index (χ3n) is 4.16. The van der Waals surface area contributed by atoms with Crippen molar-refractivity contribution < 1.29 is 14.2 Å². The Morgan fingerprint density at radius 1 is 1.29 bits per heavy atom. The van der Waals surface area contributed by atoms with E-state index in [9.17, 15) is 0 Å². The van der Waals surface area contributed by atoms with E-state index in [1.807, 2.05) is 18.2 Å². The number of nitrogens with zero attached hydrogens (tertiary/aromatic N) is 1. The van der Waals surface area contributed by atoms with E-state index in [1.54, 1.807) is 14.2 Å². The second-order valence-corrected chi connectivity index (χ2v) is 5.95. The molecular weight excluding hydrogens is 306 g/mol. The maximum atomic E-state index is 5.92. The molecule has 6 nitrogen and oxygen atoms in total. The summed E-state index contributed by atoms with van der Waals surface area (Å²) >= 11 is 0. The monoisotopic (exact) mass is 335 g/mol. The summed E-state index contributed by atoms with van der Waals surface area (Å²) in [7, 11) is 3.24. The zero-order valence-electron chi connectivity index (χ0n) is 14.7. The van der Waals surface area contributed by atoms with Crippen molar-refractivity contribution >= 4 is 5.96 Å². The van der Waals surface area contributed by atoms with Gasteiger partial charge in [0.25, 0.3) is 0 Å². The number of methoxy groups -OCH3 is 2. The molecule has 0 amide bonds. The quantitative estimate of drug-likeness (QED) is 0.433. The van der Waals surface area contributed by atoms with E-state index in [4.69, 9.17) is 19.9 Å². The summed E-state index contributed by atoms with van der Waals surface area (Å²) in [5.74, 6) is 1.87. The second kappa shape index (κ2) is 10.0. The first-order valence-electron chi connectivity index (χ1n) is 8.59. The summed E-state index contributed by atoms with van der Waals surface area (Å²) in [6.45, 7) is 2.24. The van der Waals surface area contributed by atoms with Crippen LogP contribution in [0.15, 0.2) is 23.2 Å². The van der Waals surface area contributed by atoms with Crippen molar-refractivity contribution in [3.05, 3.63) is 23.8 Å². The van der Waals surface area contributed by atoms with Crippen molar-refractivity contribution in [2.75, 3.05) is 27.4 Å². The van der Waals surface area contributed by atoms with Crippen LogP contribution in [0.2, 0.25) is 0 Å². The highest BCUT2D eigenvalue weighted by Crippen LogP contribution is 2.27. The fourth-order valence-corrected chi connectivity index (χ4v) is 2.79. The molecule has 1 saturated heterocycles. The van der Waals surface area contributed by atoms with Crippen molar-refractivity contribution in [1.29, 1.82) is 0 Å². The molecule has 0 aromatic heterocycles. The Balaban J connectivity index is 1.71. The van der Waals surface area contributed by atoms with Crippen LogP contribution in [0.3, 0.4) is 0 Å². The Kier molecular flexibility index (Phi) is 7.68. The third kappa shape index (κ3) is 5.92. The Labute approximate surface area is 144 Å². The molecule has 2 rings (SSSR count). The molecule has 0 spiro atoms. The molecule has 1 heterocycles. The van der Waals surface area contributed by atoms with Gasteiger partial charge in [0.1, 0.15) is 0 Å². The van der Waals surface area contributed by atoms with E-state index in [0.717, 1.165) is 31.6 Å². The number of benzene rings is 1. The molecule has 1 aromatic carbocycles. The molecule has 0 aliphatic carbocycles. The van der Waals surface area contributed by atoms with Gasteiger partial charge in [0.15, 0.2) is 17.5 Å². The minimum atomic E-state index is 0.422. The smallest absolute Gasteiger partial charge is 0.188 e. The molecule has 1 unspecified atom stereocenters. The fraction of sp³-hybridized carbons (Fsp3) is 0.611. The second-order valence-electron chi connectivity index (χ2n) is 5.95. The minimum Gasteiger partial charge on any atom is -0.493 e. The van der Waals surface area contributed by atoms with Gasteiger partial charge in [-0.05, 0) is 49.8 Å². The van der Waals surface area contributed by atoms with Crippen LogP contribution < -0.4 is 20.5 Å². The standard InChI is InChI=1S/C18H29N3O3/c1-22-16-9-8-14(12-17(16)23-2)13-21-18(19)20-10-5-7-15-6-3-4-11-24-15/h8-9,12,15H,3-7,10-11,13H2,1-2H3,(H3,19,20,21). The van der Waals surface area contributed by atoms with Gasteiger partial charge >= 0.3 is 0 Å². The van der Waals surface area contributed by atoms with Crippen LogP contribution in [-0.4, -0.2) is 39.4 Å². The molecule has 0 bridgehead atoms. The minimum absolute atomic E-state index is 0.422. The van der Waals surface area contributed by atoms with Crippen molar-refractivity contribution in [1.82, 2.24) is 5.32 Å². The zero-order chi connectivity index (χ0) is 17.2. The van der Waals surface area contributed by atoms with Crippen molar-refractivity contribution in [2.24, 2.45) is 10.7 Å². The molecule has 134 valence electrons. The maximum absolute atomic E-state index is 5.92. The number of rotatable bonds is 8. The predicted octanol–water partition coefficient (Wildman–Crippen LogP) is 2.46. The number of aliphatic imine (C=N–C) groups is 1. The molecule has 1 atom stereocenters. The molecule has 1 fully saturated rings. The molecule has 1 aliphatic heterocycles. The van der Waals surface area contributed by atoms with Gasteiger partial charge in [-0.1, -0.05) is 6.07 Å². The molecule has 6 heteroatoms. The van der Waals surface area contributed by atoms with E-state index in [-0.39, 0.29) is 0 Å². The number of ether oxygens (including phenoxy) is 3. The van der Waals surface area contributed by atoms with Gasteiger partial charge in [0, 0.05) is 13.2 Å². The lowest BCUT2D eigenvalue weighted by atomic mass is 10.0. The van der Waals surface area contributed by atoms with Crippen LogP contribution in [0.4, 0.5) is 0 Å². The van der Waals surface area contributed by atoms with Gasteiger partial charge in [0.05, 0.1) is 26.9 Å². The normalized spacial score (nSPS) is 18.2. The Hall–Kier alpha value is -1.95. The lowest BCUT2D eigenvalue weighted by Gasteiger charge is -2.22. The molecule has 1 aliphatic rings. The largest absolute Gasteiger partial charge is 0.493 e.